The first-order chi connectivity index (χ1) is 8.60. The predicted molar refractivity (Wildman–Crippen MR) is 72.7 cm³/mol. The number of hydrogen-bond acceptors (Lipinski definition) is 4. The van der Waals surface area contributed by atoms with Gasteiger partial charge in [0.1, 0.15) is 0 Å². The highest BCUT2D eigenvalue weighted by Crippen LogP contribution is 2.27. The number of ether oxygens (including phenoxy) is 1. The molecule has 0 saturated heterocycles. The molecule has 0 N–H and O–H groups in total. The SMILES string of the molecule is COC(=O)Cc1ccc(-c2cnc(C)s2)cc1C. The molecular weight excluding hydrogens is 246 g/mol. The molecule has 0 aliphatic rings. The quantitative estimate of drug-likeness (QED) is 0.797. The van der Waals surface area contributed by atoms with Crippen molar-refractivity contribution in [1.82, 2.24) is 4.98 Å². The summed E-state index contributed by atoms with van der Waals surface area (Å²) in [7, 11) is 1.41. The Balaban J connectivity index is 2.27. The van der Waals surface area contributed by atoms with Crippen LogP contribution in [0.2, 0.25) is 0 Å². The summed E-state index contributed by atoms with van der Waals surface area (Å²) in [6, 6.07) is 6.10. The molecule has 2 rings (SSSR count). The van der Waals surface area contributed by atoms with E-state index < -0.39 is 0 Å². The number of thiazole rings is 1. The van der Waals surface area contributed by atoms with Gasteiger partial charge in [0.2, 0.25) is 0 Å². The Morgan fingerprint density at radius 1 is 1.39 bits per heavy atom. The van der Waals surface area contributed by atoms with Gasteiger partial charge < -0.3 is 4.74 Å². The minimum absolute atomic E-state index is 0.209. The fourth-order valence-corrected chi connectivity index (χ4v) is 2.54. The van der Waals surface area contributed by atoms with E-state index in [0.717, 1.165) is 26.6 Å². The summed E-state index contributed by atoms with van der Waals surface area (Å²) in [6.07, 6.45) is 2.21. The van der Waals surface area contributed by atoms with E-state index in [0.29, 0.717) is 6.42 Å². The standard InChI is InChI=1S/C14H15NO2S/c1-9-6-12(13-8-15-10(2)18-13)5-4-11(9)7-14(16)17-3/h4-6,8H,7H2,1-3H3. The van der Waals surface area contributed by atoms with Crippen LogP contribution in [0.25, 0.3) is 10.4 Å². The lowest BCUT2D eigenvalue weighted by Gasteiger charge is -2.06. The van der Waals surface area contributed by atoms with Crippen LogP contribution in [0.3, 0.4) is 0 Å². The van der Waals surface area contributed by atoms with Crippen LogP contribution in [-0.2, 0) is 16.0 Å². The van der Waals surface area contributed by atoms with Gasteiger partial charge in [0.05, 0.1) is 23.4 Å². The summed E-state index contributed by atoms with van der Waals surface area (Å²) in [5, 5.41) is 1.06. The third kappa shape index (κ3) is 2.76. The minimum Gasteiger partial charge on any atom is -0.469 e. The molecule has 0 aliphatic carbocycles. The fourth-order valence-electron chi connectivity index (χ4n) is 1.77. The summed E-state index contributed by atoms with van der Waals surface area (Å²) in [6.45, 7) is 4.00. The number of carbonyl (C=O) groups excluding carboxylic acids is 1. The van der Waals surface area contributed by atoms with E-state index in [9.17, 15) is 4.79 Å². The van der Waals surface area contributed by atoms with E-state index in [1.807, 2.05) is 32.2 Å². The largest absolute Gasteiger partial charge is 0.469 e. The van der Waals surface area contributed by atoms with Gasteiger partial charge in [-0.25, -0.2) is 4.98 Å². The zero-order valence-corrected chi connectivity index (χ0v) is 11.5. The second kappa shape index (κ2) is 5.31. The third-order valence-corrected chi connectivity index (χ3v) is 3.77. The van der Waals surface area contributed by atoms with Gasteiger partial charge in [-0.3, -0.25) is 4.79 Å². The molecule has 0 spiro atoms. The van der Waals surface area contributed by atoms with E-state index >= 15 is 0 Å². The number of aromatic nitrogens is 1. The molecule has 1 aromatic heterocycles. The lowest BCUT2D eigenvalue weighted by molar-refractivity contribution is -0.139. The van der Waals surface area contributed by atoms with E-state index in [-0.39, 0.29) is 5.97 Å². The number of methoxy groups -OCH3 is 1. The van der Waals surface area contributed by atoms with Crippen LogP contribution in [0.4, 0.5) is 0 Å². The van der Waals surface area contributed by atoms with Crippen molar-refractivity contribution in [3.63, 3.8) is 0 Å². The molecule has 1 heterocycles. The molecule has 1 aromatic carbocycles. The molecule has 94 valence electrons. The summed E-state index contributed by atoms with van der Waals surface area (Å²) < 4.78 is 4.68. The van der Waals surface area contributed by atoms with E-state index in [2.05, 4.69) is 15.8 Å². The average molecular weight is 261 g/mol. The Hall–Kier alpha value is -1.68. The van der Waals surface area contributed by atoms with Crippen molar-refractivity contribution in [3.8, 4) is 10.4 Å². The number of nitrogens with zero attached hydrogens (tertiary/aromatic N) is 1. The predicted octanol–water partition coefficient (Wildman–Crippen LogP) is 3.14. The lowest BCUT2D eigenvalue weighted by Crippen LogP contribution is -2.05. The maximum Gasteiger partial charge on any atom is 0.309 e. The number of aryl methyl sites for hydroxylation is 2. The second-order valence-corrected chi connectivity index (χ2v) is 5.37. The number of esters is 1. The van der Waals surface area contributed by atoms with Crippen molar-refractivity contribution < 1.29 is 9.53 Å². The third-order valence-electron chi connectivity index (χ3n) is 2.81. The number of hydrogen-bond donors (Lipinski definition) is 0. The highest BCUT2D eigenvalue weighted by Gasteiger charge is 2.08. The Bertz CT molecular complexity index is 575. The second-order valence-electron chi connectivity index (χ2n) is 4.14. The molecule has 0 radical (unpaired) electrons. The maximum absolute atomic E-state index is 11.3. The molecule has 2 aromatic rings. The van der Waals surface area contributed by atoms with Gasteiger partial charge in [-0.1, -0.05) is 18.2 Å². The van der Waals surface area contributed by atoms with Crippen molar-refractivity contribution in [2.75, 3.05) is 7.11 Å². The molecule has 0 amide bonds. The molecule has 4 heteroatoms. The Morgan fingerprint density at radius 2 is 2.17 bits per heavy atom. The normalized spacial score (nSPS) is 10.4. The van der Waals surface area contributed by atoms with Gasteiger partial charge in [-0.15, -0.1) is 11.3 Å². The van der Waals surface area contributed by atoms with Gasteiger partial charge in [0.15, 0.2) is 0 Å². The van der Waals surface area contributed by atoms with Crippen LogP contribution in [0.15, 0.2) is 24.4 Å². The van der Waals surface area contributed by atoms with Crippen molar-refractivity contribution in [3.05, 3.63) is 40.5 Å². The van der Waals surface area contributed by atoms with Crippen molar-refractivity contribution >= 4 is 17.3 Å². The summed E-state index contributed by atoms with van der Waals surface area (Å²) in [4.78, 5) is 16.7. The van der Waals surface area contributed by atoms with Crippen molar-refractivity contribution in [2.45, 2.75) is 20.3 Å². The van der Waals surface area contributed by atoms with Crippen LogP contribution >= 0.6 is 11.3 Å². The van der Waals surface area contributed by atoms with Crippen LogP contribution in [-0.4, -0.2) is 18.1 Å². The topological polar surface area (TPSA) is 39.2 Å². The molecule has 0 atom stereocenters. The minimum atomic E-state index is -0.209. The molecule has 0 bridgehead atoms. The summed E-state index contributed by atoms with van der Waals surface area (Å²) in [5.74, 6) is -0.209. The van der Waals surface area contributed by atoms with Crippen LogP contribution < -0.4 is 0 Å². The summed E-state index contributed by atoms with van der Waals surface area (Å²) >= 11 is 1.67. The van der Waals surface area contributed by atoms with Crippen LogP contribution in [0.5, 0.6) is 0 Å². The molecular formula is C14H15NO2S. The number of carbonyl (C=O) groups is 1. The first kappa shape index (κ1) is 12.8. The average Bonchev–Trinajstić information content (AvgIpc) is 2.78. The molecule has 0 aliphatic heterocycles. The van der Waals surface area contributed by atoms with Crippen molar-refractivity contribution in [2.24, 2.45) is 0 Å². The van der Waals surface area contributed by atoms with Crippen LogP contribution in [0.1, 0.15) is 16.1 Å². The number of benzene rings is 1. The molecule has 18 heavy (non-hydrogen) atoms. The Kier molecular flexibility index (Phi) is 3.77. The first-order valence-electron chi connectivity index (χ1n) is 5.69. The monoisotopic (exact) mass is 261 g/mol. The van der Waals surface area contributed by atoms with Gasteiger partial charge >= 0.3 is 5.97 Å². The van der Waals surface area contributed by atoms with E-state index in [1.165, 1.54) is 7.11 Å². The number of rotatable bonds is 3. The molecule has 0 fully saturated rings. The molecule has 0 saturated carbocycles. The van der Waals surface area contributed by atoms with E-state index in [4.69, 9.17) is 0 Å². The lowest BCUT2D eigenvalue weighted by atomic mass is 10.0. The highest BCUT2D eigenvalue weighted by atomic mass is 32.1. The van der Waals surface area contributed by atoms with E-state index in [1.54, 1.807) is 11.3 Å². The Labute approximate surface area is 110 Å². The smallest absolute Gasteiger partial charge is 0.309 e. The fraction of sp³-hybridized carbons (Fsp3) is 0.286. The van der Waals surface area contributed by atoms with Gasteiger partial charge in [-0.2, -0.15) is 0 Å². The highest BCUT2D eigenvalue weighted by molar-refractivity contribution is 7.15. The van der Waals surface area contributed by atoms with Crippen LogP contribution in [0, 0.1) is 13.8 Å². The first-order valence-corrected chi connectivity index (χ1v) is 6.51. The van der Waals surface area contributed by atoms with Gasteiger partial charge in [-0.05, 0) is 30.5 Å². The Morgan fingerprint density at radius 3 is 2.72 bits per heavy atom. The van der Waals surface area contributed by atoms with Gasteiger partial charge in [0.25, 0.3) is 0 Å². The molecule has 3 nitrogen and oxygen atoms in total. The maximum atomic E-state index is 11.3. The van der Waals surface area contributed by atoms with Crippen molar-refractivity contribution in [1.29, 1.82) is 0 Å². The zero-order chi connectivity index (χ0) is 13.1. The molecule has 0 unspecified atom stereocenters. The zero-order valence-electron chi connectivity index (χ0n) is 10.7. The van der Waals surface area contributed by atoms with Gasteiger partial charge in [0, 0.05) is 6.20 Å². The summed E-state index contributed by atoms with van der Waals surface area (Å²) in [5.41, 5.74) is 3.25.